The van der Waals surface area contributed by atoms with E-state index in [1.54, 1.807) is 26.4 Å². The molecule has 2 unspecified atom stereocenters. The molecule has 2 amide bonds. The lowest BCUT2D eigenvalue weighted by Gasteiger charge is -2.45. The molecule has 1 N–H and O–H groups in total. The monoisotopic (exact) mass is 615 g/mol. The van der Waals surface area contributed by atoms with E-state index in [1.807, 2.05) is 21.7 Å². The van der Waals surface area contributed by atoms with Crippen molar-refractivity contribution in [3.05, 3.63) is 30.1 Å². The molecular formula is C30H40F3N9O2. The minimum absolute atomic E-state index is 0.0920. The van der Waals surface area contributed by atoms with Crippen LogP contribution in [0.2, 0.25) is 0 Å². The van der Waals surface area contributed by atoms with E-state index in [0.29, 0.717) is 43.5 Å². The first kappa shape index (κ1) is 29.2. The van der Waals surface area contributed by atoms with E-state index in [-0.39, 0.29) is 29.6 Å². The molecule has 3 saturated heterocycles. The summed E-state index contributed by atoms with van der Waals surface area (Å²) in [4.78, 5) is 21.0. The zero-order valence-corrected chi connectivity index (χ0v) is 25.4. The molecule has 0 saturated carbocycles. The number of carbonyl (C=O) groups is 1. The van der Waals surface area contributed by atoms with Crippen LogP contribution in [0.25, 0.3) is 11.1 Å². The van der Waals surface area contributed by atoms with E-state index in [2.05, 4.69) is 20.3 Å². The van der Waals surface area contributed by atoms with E-state index in [9.17, 15) is 18.0 Å². The first-order valence-electron chi connectivity index (χ1n) is 15.5. The van der Waals surface area contributed by atoms with Crippen LogP contribution in [0.4, 0.5) is 29.3 Å². The Morgan fingerprint density at radius 1 is 1.00 bits per heavy atom. The Balaban J connectivity index is 1.26. The average Bonchev–Trinajstić information content (AvgIpc) is 3.59. The molecule has 1 aromatic heterocycles. The van der Waals surface area contributed by atoms with Gasteiger partial charge in [-0.15, -0.1) is 0 Å². The van der Waals surface area contributed by atoms with E-state index < -0.39 is 11.7 Å². The van der Waals surface area contributed by atoms with Gasteiger partial charge in [0.25, 0.3) is 0 Å². The lowest BCUT2D eigenvalue weighted by atomic mass is 9.89. The summed E-state index contributed by atoms with van der Waals surface area (Å²) in [5.74, 6) is 0.651. The smallest absolute Gasteiger partial charge is 0.378 e. The number of aryl methyl sites for hydroxylation is 1. The number of benzene rings is 1. The summed E-state index contributed by atoms with van der Waals surface area (Å²) in [6.45, 7) is 5.76. The SMILES string of the molecule is CNC(=O)N1CCC2C(C1)C(N1CCN(C)c3cc(-c4cnn(C)c4)c(C(F)(F)F)cc31)=NN2C1CCN(C2COC2)CC1. The Bertz CT molecular complexity index is 1430. The van der Waals surface area contributed by atoms with E-state index in [0.717, 1.165) is 57.1 Å². The molecule has 238 valence electrons. The van der Waals surface area contributed by atoms with Crippen LogP contribution in [-0.2, 0) is 18.0 Å². The zero-order valence-electron chi connectivity index (χ0n) is 25.4. The second-order valence-corrected chi connectivity index (χ2v) is 12.6. The van der Waals surface area contributed by atoms with E-state index in [1.165, 1.54) is 16.9 Å². The fourth-order valence-corrected chi connectivity index (χ4v) is 7.54. The van der Waals surface area contributed by atoms with Crippen LogP contribution in [0.5, 0.6) is 0 Å². The van der Waals surface area contributed by atoms with Crippen LogP contribution in [0, 0.1) is 5.92 Å². The number of piperidine rings is 2. The second-order valence-electron chi connectivity index (χ2n) is 12.6. The number of aromatic nitrogens is 2. The van der Waals surface area contributed by atoms with E-state index >= 15 is 0 Å². The van der Waals surface area contributed by atoms with Gasteiger partial charge >= 0.3 is 12.2 Å². The fourth-order valence-electron chi connectivity index (χ4n) is 7.54. The summed E-state index contributed by atoms with van der Waals surface area (Å²) in [6, 6.07) is 3.62. The van der Waals surface area contributed by atoms with Gasteiger partial charge < -0.3 is 24.8 Å². The summed E-state index contributed by atoms with van der Waals surface area (Å²) >= 11 is 0. The van der Waals surface area contributed by atoms with E-state index in [4.69, 9.17) is 9.84 Å². The van der Waals surface area contributed by atoms with Gasteiger partial charge in [-0.2, -0.15) is 23.4 Å². The summed E-state index contributed by atoms with van der Waals surface area (Å²) in [6.07, 6.45) is 1.23. The maximum absolute atomic E-state index is 14.6. The Morgan fingerprint density at radius 2 is 1.77 bits per heavy atom. The number of urea groups is 1. The molecule has 0 bridgehead atoms. The molecule has 2 aromatic rings. The predicted molar refractivity (Wildman–Crippen MR) is 161 cm³/mol. The Kier molecular flexibility index (Phi) is 7.39. The molecular weight excluding hydrogens is 575 g/mol. The fraction of sp³-hybridized carbons (Fsp3) is 0.633. The van der Waals surface area contributed by atoms with Crippen molar-refractivity contribution in [3.8, 4) is 11.1 Å². The van der Waals surface area contributed by atoms with Gasteiger partial charge in [0.15, 0.2) is 0 Å². The average molecular weight is 616 g/mol. The summed E-state index contributed by atoms with van der Waals surface area (Å²) in [7, 11) is 5.23. The quantitative estimate of drug-likeness (QED) is 0.569. The van der Waals surface area contributed by atoms with Crippen molar-refractivity contribution < 1.29 is 22.7 Å². The van der Waals surface area contributed by atoms with Crippen molar-refractivity contribution in [2.75, 3.05) is 76.4 Å². The molecule has 1 aromatic carbocycles. The number of alkyl halides is 3. The number of hydrogen-bond donors (Lipinski definition) is 1. The number of hydrazone groups is 1. The highest BCUT2D eigenvalue weighted by Gasteiger charge is 2.48. The van der Waals surface area contributed by atoms with Gasteiger partial charge in [-0.05, 0) is 37.0 Å². The third kappa shape index (κ3) is 5.05. The Morgan fingerprint density at radius 3 is 2.41 bits per heavy atom. The van der Waals surface area contributed by atoms with Crippen molar-refractivity contribution in [2.45, 2.75) is 43.6 Å². The van der Waals surface area contributed by atoms with Gasteiger partial charge in [-0.3, -0.25) is 14.6 Å². The van der Waals surface area contributed by atoms with Crippen LogP contribution in [0.15, 0.2) is 29.6 Å². The third-order valence-corrected chi connectivity index (χ3v) is 10.1. The number of fused-ring (bicyclic) bond motifs is 2. The number of halogens is 3. The van der Waals surface area contributed by atoms with Crippen LogP contribution < -0.4 is 15.1 Å². The molecule has 7 rings (SSSR count). The first-order chi connectivity index (χ1) is 21.1. The number of carbonyl (C=O) groups excluding carboxylic acids is 1. The lowest BCUT2D eigenvalue weighted by Crippen LogP contribution is -2.57. The molecule has 0 radical (unpaired) electrons. The molecule has 11 nitrogen and oxygen atoms in total. The van der Waals surface area contributed by atoms with Gasteiger partial charge in [-0.25, -0.2) is 4.79 Å². The maximum Gasteiger partial charge on any atom is 0.417 e. The topological polar surface area (TPSA) is 84.7 Å². The normalized spacial score (nSPS) is 25.1. The molecule has 3 fully saturated rings. The number of amides is 2. The molecule has 44 heavy (non-hydrogen) atoms. The van der Waals surface area contributed by atoms with Crippen LogP contribution >= 0.6 is 0 Å². The molecule has 14 heteroatoms. The number of anilines is 2. The highest BCUT2D eigenvalue weighted by molar-refractivity contribution is 6.05. The Labute approximate surface area is 255 Å². The van der Waals surface area contributed by atoms with Gasteiger partial charge in [-0.1, -0.05) is 0 Å². The highest BCUT2D eigenvalue weighted by Crippen LogP contribution is 2.46. The van der Waals surface area contributed by atoms with Crippen LogP contribution in [0.1, 0.15) is 24.8 Å². The Hall–Kier alpha value is -3.52. The summed E-state index contributed by atoms with van der Waals surface area (Å²) in [5.41, 5.74) is 1.05. The number of hydrogen-bond acceptors (Lipinski definition) is 8. The van der Waals surface area contributed by atoms with Gasteiger partial charge in [0.1, 0.15) is 5.84 Å². The highest BCUT2D eigenvalue weighted by atomic mass is 19.4. The maximum atomic E-state index is 14.6. The van der Waals surface area contributed by atoms with Gasteiger partial charge in [0.05, 0.1) is 54.4 Å². The number of ether oxygens (including phenoxy) is 1. The van der Waals surface area contributed by atoms with Crippen molar-refractivity contribution in [3.63, 3.8) is 0 Å². The van der Waals surface area contributed by atoms with Crippen LogP contribution in [0.3, 0.4) is 0 Å². The number of likely N-dealkylation sites (tertiary alicyclic amines) is 2. The molecule has 0 spiro atoms. The number of amidine groups is 1. The number of nitrogens with zero attached hydrogens (tertiary/aromatic N) is 8. The number of likely N-dealkylation sites (N-methyl/N-ethyl adjacent to an activating group) is 1. The lowest BCUT2D eigenvalue weighted by molar-refractivity contribution is -0.137. The first-order valence-corrected chi connectivity index (χ1v) is 15.5. The van der Waals surface area contributed by atoms with Crippen molar-refractivity contribution in [1.29, 1.82) is 0 Å². The molecule has 5 aliphatic rings. The van der Waals surface area contributed by atoms with Crippen molar-refractivity contribution in [2.24, 2.45) is 18.1 Å². The van der Waals surface area contributed by atoms with Gasteiger partial charge in [0.2, 0.25) is 0 Å². The predicted octanol–water partition coefficient (Wildman–Crippen LogP) is 2.88. The second kappa shape index (κ2) is 11.1. The number of rotatable bonds is 3. The molecule has 5 aliphatic heterocycles. The van der Waals surface area contributed by atoms with Crippen molar-refractivity contribution >= 4 is 23.2 Å². The minimum Gasteiger partial charge on any atom is -0.378 e. The third-order valence-electron chi connectivity index (χ3n) is 10.1. The molecule has 6 heterocycles. The van der Waals surface area contributed by atoms with Gasteiger partial charge in [0, 0.05) is 78.2 Å². The standard InChI is InChI=1S/C30H40F3N9O2/c1-34-29(43)40-9-6-25-23(16-40)28(36-42(25)20-4-7-39(8-5-20)21-17-44-18-21)41-11-10-37(2)26-12-22(19-14-35-38(3)15-19)24(13-27(26)41)30(31,32)33/h12-15,20-21,23,25H,4-11,16-18H2,1-3H3,(H,34,43). The van der Waals surface area contributed by atoms with Crippen molar-refractivity contribution in [1.82, 2.24) is 29.9 Å². The zero-order chi connectivity index (χ0) is 30.7. The number of nitrogens with one attached hydrogen (secondary N) is 1. The minimum atomic E-state index is -4.56. The van der Waals surface area contributed by atoms with Crippen LogP contribution in [-0.4, -0.2) is 121 Å². The molecule has 0 aliphatic carbocycles. The summed E-state index contributed by atoms with van der Waals surface area (Å²) < 4.78 is 50.8. The largest absolute Gasteiger partial charge is 0.417 e. The summed E-state index contributed by atoms with van der Waals surface area (Å²) in [5, 5.41) is 14.4. The molecule has 2 atom stereocenters.